The summed E-state index contributed by atoms with van der Waals surface area (Å²) in [6, 6.07) is 51.7. The van der Waals surface area contributed by atoms with Crippen LogP contribution in [0.1, 0.15) is 173 Å². The van der Waals surface area contributed by atoms with Crippen LogP contribution in [0.3, 0.4) is 0 Å². The zero-order chi connectivity index (χ0) is 90.9. The van der Waals surface area contributed by atoms with E-state index in [0.29, 0.717) is 128 Å². The predicted molar refractivity (Wildman–Crippen MR) is 481 cm³/mol. The van der Waals surface area contributed by atoms with Gasteiger partial charge in [0.25, 0.3) is 23.6 Å². The molecule has 12 aromatic rings. The lowest BCUT2D eigenvalue weighted by atomic mass is 9.99. The van der Waals surface area contributed by atoms with E-state index in [1.54, 1.807) is 60.7 Å². The van der Waals surface area contributed by atoms with Crippen molar-refractivity contribution in [2.45, 2.75) is 167 Å². The Balaban J connectivity index is 0.000000138. The lowest BCUT2D eigenvalue weighted by Crippen LogP contribution is -2.30. The molecule has 1 aliphatic heterocycles. The summed E-state index contributed by atoms with van der Waals surface area (Å²) in [6.07, 6.45) is 10.8. The van der Waals surface area contributed by atoms with Gasteiger partial charge in [-0.3, -0.25) is 4.79 Å². The Kier molecular flexibility index (Phi) is 28.3. The van der Waals surface area contributed by atoms with Crippen molar-refractivity contribution in [2.24, 2.45) is 0 Å². The van der Waals surface area contributed by atoms with Crippen LogP contribution in [-0.4, -0.2) is 164 Å². The molecule has 3 N–H and O–H groups in total. The Hall–Kier alpha value is -12.8. The molecule has 128 heavy (non-hydrogen) atoms. The van der Waals surface area contributed by atoms with Crippen LogP contribution < -0.4 is 34.9 Å². The fourth-order valence-corrected chi connectivity index (χ4v) is 18.0. The smallest absolute Gasteiger partial charge is 0.258 e. The first-order valence-corrected chi connectivity index (χ1v) is 48.6. The summed E-state index contributed by atoms with van der Waals surface area (Å²) in [5.74, 6) is 6.11. The van der Waals surface area contributed by atoms with E-state index in [4.69, 9.17) is 37.0 Å². The predicted octanol–water partition coefficient (Wildman–Crippen LogP) is 15.5. The topological polar surface area (TPSA) is 423 Å². The molecule has 5 heterocycles. The van der Waals surface area contributed by atoms with Crippen LogP contribution in [0.15, 0.2) is 169 Å². The van der Waals surface area contributed by atoms with Crippen LogP contribution in [0.5, 0.6) is 23.0 Å². The second-order valence-corrected chi connectivity index (χ2v) is 39.9. The molecular formula is C95H101N15O15S3. The Morgan fingerprint density at radius 3 is 1.05 bits per heavy atom. The van der Waals surface area contributed by atoms with E-state index in [1.165, 1.54) is 40.8 Å². The Labute approximate surface area is 744 Å². The van der Waals surface area contributed by atoms with E-state index in [0.717, 1.165) is 115 Å². The zero-order valence-electron chi connectivity index (χ0n) is 73.3. The highest BCUT2D eigenvalue weighted by molar-refractivity contribution is 7.91. The van der Waals surface area contributed by atoms with Gasteiger partial charge >= 0.3 is 0 Å². The Morgan fingerprint density at radius 1 is 0.422 bits per heavy atom. The average molecular weight is 1790 g/mol. The first-order chi connectivity index (χ1) is 61.3. The molecule has 30 nitrogen and oxygen atoms in total. The maximum absolute atomic E-state index is 12.3. The molecule has 1 fully saturated rings. The fourth-order valence-electron chi connectivity index (χ4n) is 16.2. The van der Waals surface area contributed by atoms with E-state index in [1.807, 2.05) is 115 Å². The molecule has 4 aliphatic carbocycles. The van der Waals surface area contributed by atoms with Gasteiger partial charge < -0.3 is 57.9 Å². The third-order valence-electron chi connectivity index (χ3n) is 22.2. The van der Waals surface area contributed by atoms with E-state index in [-0.39, 0.29) is 70.7 Å². The van der Waals surface area contributed by atoms with Gasteiger partial charge in [0.1, 0.15) is 65.8 Å². The highest BCUT2D eigenvalue weighted by atomic mass is 32.2. The van der Waals surface area contributed by atoms with Gasteiger partial charge in [-0.05, 0) is 230 Å². The molecule has 1 saturated heterocycles. The largest absolute Gasteiger partial charge is 0.490 e. The summed E-state index contributed by atoms with van der Waals surface area (Å²) in [4.78, 5) is 32.3. The lowest BCUT2D eigenvalue weighted by molar-refractivity contribution is -0.124. The normalized spacial score (nSPS) is 15.9. The summed E-state index contributed by atoms with van der Waals surface area (Å²) < 4.78 is 115. The number of nitrogens with one attached hydrogen (secondary N) is 3. The SMILES string of the molecule is CC(C)Oc1ccc(-c2nc(-c3cccc4c3CC[C@@H]4NCCS(C)(=O)=O)no2)cc1C#N.CC(C)Oc1ccc(-c2nc(-c3cccc4c3CC[C@H]4C)no2)cc1S(C)(=O)=O.CC(C)Oc1ccc(-c2nc(-c3cccc4c3CC[C@H]4NCC(=O)N3CC3)no2)cc1C#N.CC(C)Oc1ccc(-c2nc(-c3cccc4c3CC[C@H]4NCCS(C)(=O)=O)no2)cc1C#N. The van der Waals surface area contributed by atoms with Crippen LogP contribution in [0.4, 0.5) is 0 Å². The van der Waals surface area contributed by atoms with Crippen LogP contribution >= 0.6 is 0 Å². The first-order valence-electron chi connectivity index (χ1n) is 42.6. The number of aromatic nitrogens is 8. The maximum atomic E-state index is 12.3. The van der Waals surface area contributed by atoms with Gasteiger partial charge in [0.15, 0.2) is 9.84 Å². The Morgan fingerprint density at radius 2 is 0.727 bits per heavy atom. The monoisotopic (exact) mass is 1790 g/mol. The van der Waals surface area contributed by atoms with E-state index >= 15 is 0 Å². The number of carbonyl (C=O) groups is 1. The summed E-state index contributed by atoms with van der Waals surface area (Å²) in [6.45, 7) is 20.3. The number of hydrogen-bond acceptors (Lipinski definition) is 29. The average Bonchev–Trinajstić information content (AvgIpc) is 1.64. The number of benzene rings is 8. The van der Waals surface area contributed by atoms with E-state index in [9.17, 15) is 45.8 Å². The number of fused-ring (bicyclic) bond motifs is 4. The summed E-state index contributed by atoms with van der Waals surface area (Å²) in [5.41, 5.74) is 17.0. The molecule has 4 aromatic heterocycles. The van der Waals surface area contributed by atoms with Crippen LogP contribution in [-0.2, 0) is 60.0 Å². The van der Waals surface area contributed by atoms with Crippen LogP contribution in [0.2, 0.25) is 0 Å². The standard InChI is InChI=1S/C25H25N5O3.2C24H26N4O4S.C22H24N2O4S/c1-15(2)32-22-9-6-16(12-17(22)13-26)25-28-24(29-33-25)20-5-3-4-19-18(20)7-8-21(19)27-14-23(31)30-10-11-30;2*1-15(2)31-22-10-7-16(13-17(22)14-25)24-27-23(28-32-24)20-6-4-5-19-18(20)8-9-21(19)26-11-12-33(3,29)30;1-13(2)27-19-11-9-15(12-20(19)29(4,25)26)22-23-21(24-28-22)18-7-5-6-16-14(3)8-10-17(16)18/h3-6,9,12,15,21,27H,7-8,10-11,14H2,1-2H3;2*4-7,10,13,15,21,26H,8-9,11-12H2,1-3H3;5-7,9,11-14H,8,10H2,1-4H3/t3*21-;14-/m1101/s1. The molecule has 664 valence electrons. The minimum absolute atomic E-state index is 0.0271. The van der Waals surface area contributed by atoms with Crippen molar-refractivity contribution in [1.82, 2.24) is 61.4 Å². The number of carbonyl (C=O) groups excluding carboxylic acids is 1. The van der Waals surface area contributed by atoms with Crippen molar-refractivity contribution in [3.8, 4) is 133 Å². The quantitative estimate of drug-likeness (QED) is 0.0383. The molecule has 0 spiro atoms. The number of amides is 1. The third kappa shape index (κ3) is 22.2. The van der Waals surface area contributed by atoms with Crippen molar-refractivity contribution < 1.29 is 67.1 Å². The summed E-state index contributed by atoms with van der Waals surface area (Å²) >= 11 is 0. The zero-order valence-corrected chi connectivity index (χ0v) is 75.7. The molecule has 1 amide bonds. The van der Waals surface area contributed by atoms with Gasteiger partial charge in [0.05, 0.1) is 59.2 Å². The van der Waals surface area contributed by atoms with Crippen molar-refractivity contribution in [3.63, 3.8) is 0 Å². The number of hydrogen-bond donors (Lipinski definition) is 3. The van der Waals surface area contributed by atoms with Gasteiger partial charge in [-0.15, -0.1) is 0 Å². The molecule has 8 aromatic carbocycles. The number of rotatable bonds is 28. The molecule has 4 atom stereocenters. The van der Waals surface area contributed by atoms with Gasteiger partial charge in [-0.25, -0.2) is 25.3 Å². The minimum atomic E-state index is -3.48. The fraction of sp³-hybridized carbons (Fsp3) is 0.368. The highest BCUT2D eigenvalue weighted by Gasteiger charge is 2.33. The van der Waals surface area contributed by atoms with E-state index < -0.39 is 29.5 Å². The van der Waals surface area contributed by atoms with Crippen LogP contribution in [0.25, 0.3) is 91.4 Å². The van der Waals surface area contributed by atoms with Gasteiger partial charge in [-0.2, -0.15) is 35.7 Å². The highest BCUT2D eigenvalue weighted by Crippen LogP contribution is 2.44. The third-order valence-corrected chi connectivity index (χ3v) is 25.2. The number of ether oxygens (including phenoxy) is 4. The molecule has 5 aliphatic rings. The molecular weight excluding hydrogens is 1690 g/mol. The number of nitriles is 3. The van der Waals surface area contributed by atoms with E-state index in [2.05, 4.69) is 106 Å². The molecule has 0 bridgehead atoms. The van der Waals surface area contributed by atoms with Gasteiger partial charge in [0, 0.05) is 108 Å². The summed E-state index contributed by atoms with van der Waals surface area (Å²) in [5, 5.41) is 55.3. The molecule has 0 unspecified atom stereocenters. The van der Waals surface area contributed by atoms with Crippen molar-refractivity contribution in [1.29, 1.82) is 15.8 Å². The maximum Gasteiger partial charge on any atom is 0.258 e. The Bertz CT molecular complexity index is 6390. The lowest BCUT2D eigenvalue weighted by Gasteiger charge is -2.14. The van der Waals surface area contributed by atoms with Crippen molar-refractivity contribution in [2.75, 3.05) is 63.0 Å². The molecule has 33 heteroatoms. The first kappa shape index (κ1) is 91.4. The number of nitrogens with zero attached hydrogens (tertiary/aromatic N) is 12. The van der Waals surface area contributed by atoms with Crippen molar-refractivity contribution >= 4 is 35.4 Å². The number of sulfone groups is 3. The van der Waals surface area contributed by atoms with Crippen LogP contribution in [0, 0.1) is 34.0 Å². The molecule has 17 rings (SSSR count). The minimum Gasteiger partial charge on any atom is -0.490 e. The molecule has 0 saturated carbocycles. The molecule has 0 radical (unpaired) electrons. The summed E-state index contributed by atoms with van der Waals surface area (Å²) in [7, 11) is -9.49. The van der Waals surface area contributed by atoms with Gasteiger partial charge in [0.2, 0.25) is 29.2 Å². The van der Waals surface area contributed by atoms with Gasteiger partial charge in [-0.1, -0.05) is 100 Å². The van der Waals surface area contributed by atoms with Crippen molar-refractivity contribution in [3.05, 3.63) is 207 Å². The second kappa shape index (κ2) is 39.6. The second-order valence-electron chi connectivity index (χ2n) is 33.4.